The Morgan fingerprint density at radius 1 is 1.18 bits per heavy atom. The molecule has 1 unspecified atom stereocenters. The molecule has 5 heterocycles. The van der Waals surface area contributed by atoms with E-state index in [0.717, 1.165) is 54.3 Å². The number of carbonyl (C=O) groups is 2. The van der Waals surface area contributed by atoms with Crippen LogP contribution in [0.4, 0.5) is 18.9 Å². The van der Waals surface area contributed by atoms with Crippen molar-refractivity contribution >= 4 is 17.6 Å². The number of rotatable bonds is 3. The molecule has 1 spiro atoms. The number of aromatic nitrogens is 2. The summed E-state index contributed by atoms with van der Waals surface area (Å²) in [5.74, 6) is -0.273. The van der Waals surface area contributed by atoms with E-state index in [0.29, 0.717) is 19.1 Å². The molecule has 206 valence electrons. The number of hydrogen-bond acceptors (Lipinski definition) is 5. The van der Waals surface area contributed by atoms with Crippen LogP contribution in [0, 0.1) is 5.92 Å². The smallest absolute Gasteiger partial charge is 0.490 e. The summed E-state index contributed by atoms with van der Waals surface area (Å²) < 4.78 is 39.6. The Bertz CT molecular complexity index is 1400. The number of carboxylic acid groups (broad SMARTS) is 1. The number of halogens is 3. The van der Waals surface area contributed by atoms with Crippen LogP contribution in [0.1, 0.15) is 41.9 Å². The molecule has 1 aromatic carbocycles. The summed E-state index contributed by atoms with van der Waals surface area (Å²) in [4.78, 5) is 31.7. The minimum Gasteiger partial charge on any atom is -0.493 e. The molecule has 3 aromatic rings. The Labute approximate surface area is 223 Å². The second-order valence-electron chi connectivity index (χ2n) is 10.3. The van der Waals surface area contributed by atoms with Crippen LogP contribution in [0.5, 0.6) is 5.75 Å². The molecule has 0 bridgehead atoms. The van der Waals surface area contributed by atoms with E-state index in [-0.39, 0.29) is 11.4 Å². The number of alkyl halides is 3. The lowest BCUT2D eigenvalue weighted by Gasteiger charge is -2.47. The van der Waals surface area contributed by atoms with Crippen LogP contribution in [0.25, 0.3) is 5.82 Å². The Hall–Kier alpha value is -4.02. The minimum atomic E-state index is -5.08. The highest BCUT2D eigenvalue weighted by Gasteiger charge is 2.51. The van der Waals surface area contributed by atoms with Gasteiger partial charge in [-0.1, -0.05) is 13.8 Å². The zero-order valence-corrected chi connectivity index (χ0v) is 21.6. The van der Waals surface area contributed by atoms with Crippen LogP contribution in [-0.2, 0) is 16.8 Å². The maximum atomic E-state index is 13.5. The third-order valence-corrected chi connectivity index (χ3v) is 7.29. The van der Waals surface area contributed by atoms with Gasteiger partial charge in [0.05, 0.1) is 18.0 Å². The number of carboxylic acids is 1. The number of benzene rings is 1. The molecule has 3 aliphatic rings. The van der Waals surface area contributed by atoms with Crippen LogP contribution in [0.15, 0.2) is 54.9 Å². The van der Waals surface area contributed by atoms with Crippen molar-refractivity contribution in [1.82, 2.24) is 14.5 Å². The molecule has 3 aliphatic heterocycles. The first kappa shape index (κ1) is 26.6. The summed E-state index contributed by atoms with van der Waals surface area (Å²) in [6.45, 7) is 7.53. The predicted molar refractivity (Wildman–Crippen MR) is 137 cm³/mol. The molecule has 1 saturated heterocycles. The molecule has 1 N–H and O–H groups in total. The molecule has 8 nitrogen and oxygen atoms in total. The fourth-order valence-corrected chi connectivity index (χ4v) is 5.64. The van der Waals surface area contributed by atoms with Gasteiger partial charge in [0.2, 0.25) is 0 Å². The number of aliphatic carboxylic acids is 1. The van der Waals surface area contributed by atoms with Crippen molar-refractivity contribution in [3.8, 4) is 11.6 Å². The van der Waals surface area contributed by atoms with Crippen molar-refractivity contribution in [2.75, 3.05) is 31.1 Å². The Morgan fingerprint density at radius 2 is 1.95 bits per heavy atom. The highest BCUT2D eigenvalue weighted by atomic mass is 19.4. The predicted octanol–water partition coefficient (Wildman–Crippen LogP) is 4.66. The first-order valence-electron chi connectivity index (χ1n) is 12.8. The fraction of sp³-hybridized carbons (Fsp3) is 0.393. The van der Waals surface area contributed by atoms with Gasteiger partial charge in [-0.05, 0) is 60.4 Å². The van der Waals surface area contributed by atoms with Crippen LogP contribution in [0.3, 0.4) is 0 Å². The zero-order valence-electron chi connectivity index (χ0n) is 21.6. The van der Waals surface area contributed by atoms with Gasteiger partial charge in [0, 0.05) is 44.0 Å². The number of carbonyl (C=O) groups excluding carboxylic acids is 1. The molecule has 6 rings (SSSR count). The molecule has 1 fully saturated rings. The lowest BCUT2D eigenvalue weighted by molar-refractivity contribution is -0.192. The largest absolute Gasteiger partial charge is 0.493 e. The lowest BCUT2D eigenvalue weighted by atomic mass is 9.88. The third-order valence-electron chi connectivity index (χ3n) is 7.29. The van der Waals surface area contributed by atoms with E-state index in [1.165, 1.54) is 5.69 Å². The molecular weight excluding hydrogens is 513 g/mol. The number of fused-ring (bicyclic) bond motifs is 5. The summed E-state index contributed by atoms with van der Waals surface area (Å²) in [5.41, 5.74) is 4.02. The summed E-state index contributed by atoms with van der Waals surface area (Å²) >= 11 is 0. The fourth-order valence-electron chi connectivity index (χ4n) is 5.64. The Kier molecular flexibility index (Phi) is 6.77. The van der Waals surface area contributed by atoms with Crippen molar-refractivity contribution in [1.29, 1.82) is 0 Å². The number of hydrogen-bond donors (Lipinski definition) is 1. The molecule has 0 saturated carbocycles. The van der Waals surface area contributed by atoms with Gasteiger partial charge in [-0.15, -0.1) is 0 Å². The molecule has 39 heavy (non-hydrogen) atoms. The zero-order chi connectivity index (χ0) is 27.9. The Balaban J connectivity index is 0.000000392. The van der Waals surface area contributed by atoms with Gasteiger partial charge in [-0.3, -0.25) is 4.79 Å². The normalized spacial score (nSPS) is 19.2. The standard InChI is InChI=1S/C26H28N4O2.C2HF3O2/c1-18(2)16-30-21-5-3-11-27-24(21)29-12-4-6-23(29)26(30)10-13-28(17-26)25(31)20-7-8-22-19(15-20)9-14-32-22;3-2(4,5)1(6)7/h3-8,11-12,15,18H,9-10,13-14,16-17H2,1-2H3;(H,6,7). The second kappa shape index (κ2) is 9.94. The monoisotopic (exact) mass is 542 g/mol. The average molecular weight is 543 g/mol. The molecule has 0 radical (unpaired) electrons. The van der Waals surface area contributed by atoms with Gasteiger partial charge in [-0.25, -0.2) is 9.78 Å². The number of amides is 1. The number of anilines is 1. The van der Waals surface area contributed by atoms with E-state index in [1.54, 1.807) is 0 Å². The summed E-state index contributed by atoms with van der Waals surface area (Å²) in [7, 11) is 0. The van der Waals surface area contributed by atoms with E-state index in [2.05, 4.69) is 47.7 Å². The van der Waals surface area contributed by atoms with E-state index in [1.807, 2.05) is 35.4 Å². The second-order valence-corrected chi connectivity index (χ2v) is 10.3. The molecule has 1 amide bonds. The quantitative estimate of drug-likeness (QED) is 0.518. The van der Waals surface area contributed by atoms with Crippen LogP contribution < -0.4 is 9.64 Å². The molecule has 2 aromatic heterocycles. The Morgan fingerprint density at radius 3 is 2.67 bits per heavy atom. The first-order valence-corrected chi connectivity index (χ1v) is 12.8. The van der Waals surface area contributed by atoms with Crippen LogP contribution >= 0.6 is 0 Å². The molecule has 1 atom stereocenters. The summed E-state index contributed by atoms with van der Waals surface area (Å²) in [6.07, 6.45) is 0.647. The molecular formula is C28H29F3N4O4. The van der Waals surface area contributed by atoms with Crippen LogP contribution in [0.2, 0.25) is 0 Å². The van der Waals surface area contributed by atoms with Crippen molar-refractivity contribution < 1.29 is 32.6 Å². The van der Waals surface area contributed by atoms with Gasteiger partial charge < -0.3 is 24.2 Å². The minimum absolute atomic E-state index is 0.108. The lowest BCUT2D eigenvalue weighted by Crippen LogP contribution is -2.54. The topological polar surface area (TPSA) is 87.9 Å². The van der Waals surface area contributed by atoms with Gasteiger partial charge in [-0.2, -0.15) is 13.2 Å². The average Bonchev–Trinajstić information content (AvgIpc) is 3.66. The van der Waals surface area contributed by atoms with Crippen molar-refractivity contribution in [2.45, 2.75) is 38.4 Å². The van der Waals surface area contributed by atoms with Crippen molar-refractivity contribution in [2.24, 2.45) is 5.92 Å². The number of pyridine rings is 1. The number of ether oxygens (including phenoxy) is 1. The van der Waals surface area contributed by atoms with Gasteiger partial charge in [0.15, 0.2) is 5.82 Å². The third kappa shape index (κ3) is 4.81. The van der Waals surface area contributed by atoms with Gasteiger partial charge in [0.25, 0.3) is 5.91 Å². The SMILES string of the molecule is CC(C)CN1c2cccnc2-n2cccc2C12CCN(C(=O)c1ccc3c(c1)CCO3)C2.O=C(O)C(F)(F)F. The van der Waals surface area contributed by atoms with E-state index in [4.69, 9.17) is 19.6 Å². The highest BCUT2D eigenvalue weighted by Crippen LogP contribution is 2.47. The highest BCUT2D eigenvalue weighted by molar-refractivity contribution is 5.95. The maximum absolute atomic E-state index is 13.5. The van der Waals surface area contributed by atoms with Gasteiger partial charge in [0.1, 0.15) is 11.3 Å². The first-order chi connectivity index (χ1) is 18.5. The van der Waals surface area contributed by atoms with Crippen molar-refractivity contribution in [3.63, 3.8) is 0 Å². The van der Waals surface area contributed by atoms with Gasteiger partial charge >= 0.3 is 12.1 Å². The summed E-state index contributed by atoms with van der Waals surface area (Å²) in [6, 6.07) is 14.3. The van der Waals surface area contributed by atoms with E-state index >= 15 is 0 Å². The number of nitrogens with zero attached hydrogens (tertiary/aromatic N) is 4. The molecule has 11 heteroatoms. The maximum Gasteiger partial charge on any atom is 0.490 e. The van der Waals surface area contributed by atoms with E-state index < -0.39 is 12.1 Å². The summed E-state index contributed by atoms with van der Waals surface area (Å²) in [5, 5.41) is 7.12. The van der Waals surface area contributed by atoms with Crippen LogP contribution in [-0.4, -0.2) is 63.9 Å². The van der Waals surface area contributed by atoms with E-state index in [9.17, 15) is 18.0 Å². The number of likely N-dealkylation sites (tertiary alicyclic amines) is 1. The van der Waals surface area contributed by atoms with Crippen molar-refractivity contribution in [3.05, 3.63) is 71.7 Å². The molecule has 0 aliphatic carbocycles.